The highest BCUT2D eigenvalue weighted by Crippen LogP contribution is 2.31. The summed E-state index contributed by atoms with van der Waals surface area (Å²) < 4.78 is 11.3. The van der Waals surface area contributed by atoms with Crippen molar-refractivity contribution < 1.29 is 9.47 Å². The molecule has 0 saturated heterocycles. The fraction of sp³-hybridized carbons (Fsp3) is 0.214. The van der Waals surface area contributed by atoms with E-state index in [0.29, 0.717) is 24.0 Å². The van der Waals surface area contributed by atoms with Gasteiger partial charge in [0.25, 0.3) is 0 Å². The van der Waals surface area contributed by atoms with E-state index < -0.39 is 0 Å². The van der Waals surface area contributed by atoms with E-state index in [0.717, 1.165) is 11.4 Å². The lowest BCUT2D eigenvalue weighted by molar-refractivity contribution is 0.321. The van der Waals surface area contributed by atoms with Crippen LogP contribution in [0.5, 0.6) is 17.2 Å². The van der Waals surface area contributed by atoms with Crippen LogP contribution in [0.4, 0.5) is 0 Å². The first-order valence-corrected chi connectivity index (χ1v) is 6.27. The van der Waals surface area contributed by atoms with Crippen LogP contribution in [-0.2, 0) is 5.88 Å². The van der Waals surface area contributed by atoms with E-state index >= 15 is 0 Å². The molecule has 0 bridgehead atoms. The van der Waals surface area contributed by atoms with E-state index in [1.165, 1.54) is 0 Å². The molecule has 2 aromatic rings. The second-order valence-electron chi connectivity index (χ2n) is 3.60. The fourth-order valence-electron chi connectivity index (χ4n) is 1.53. The van der Waals surface area contributed by atoms with Crippen LogP contribution < -0.4 is 9.47 Å². The van der Waals surface area contributed by atoms with Crippen molar-refractivity contribution in [3.8, 4) is 17.2 Å². The summed E-state index contributed by atoms with van der Waals surface area (Å²) in [7, 11) is 0. The second kappa shape index (κ2) is 6.26. The summed E-state index contributed by atoms with van der Waals surface area (Å²) in [6.07, 6.45) is 1.68. The van der Waals surface area contributed by atoms with Crippen LogP contribution in [-0.4, -0.2) is 11.6 Å². The van der Waals surface area contributed by atoms with Crippen molar-refractivity contribution in [2.45, 2.75) is 12.8 Å². The van der Waals surface area contributed by atoms with Gasteiger partial charge in [-0.3, -0.25) is 4.98 Å². The van der Waals surface area contributed by atoms with Crippen LogP contribution in [0.15, 0.2) is 42.6 Å². The quantitative estimate of drug-likeness (QED) is 0.764. The van der Waals surface area contributed by atoms with E-state index in [9.17, 15) is 0 Å². The molecule has 0 amide bonds. The predicted molar refractivity (Wildman–Crippen MR) is 71.5 cm³/mol. The molecule has 18 heavy (non-hydrogen) atoms. The number of nitrogens with zero attached hydrogens (tertiary/aromatic N) is 1. The van der Waals surface area contributed by atoms with Crippen LogP contribution in [0.3, 0.4) is 0 Å². The summed E-state index contributed by atoms with van der Waals surface area (Å²) in [6.45, 7) is 2.54. The van der Waals surface area contributed by atoms with Gasteiger partial charge in [-0.05, 0) is 25.1 Å². The first kappa shape index (κ1) is 12.7. The molecule has 0 radical (unpaired) electrons. The third kappa shape index (κ3) is 3.14. The third-order valence-corrected chi connectivity index (χ3v) is 2.58. The van der Waals surface area contributed by atoms with Gasteiger partial charge in [0.05, 0.1) is 18.2 Å². The molecule has 0 atom stereocenters. The molecule has 2 rings (SSSR count). The summed E-state index contributed by atoms with van der Waals surface area (Å²) in [5, 5.41) is 0. The number of ether oxygens (including phenoxy) is 2. The van der Waals surface area contributed by atoms with E-state index in [1.807, 2.05) is 37.3 Å². The predicted octanol–water partition coefficient (Wildman–Crippen LogP) is 4.01. The minimum Gasteiger partial charge on any atom is -0.490 e. The van der Waals surface area contributed by atoms with Gasteiger partial charge in [0.1, 0.15) is 5.75 Å². The smallest absolute Gasteiger partial charge is 0.169 e. The van der Waals surface area contributed by atoms with Gasteiger partial charge in [0, 0.05) is 12.3 Å². The number of alkyl halides is 1. The standard InChI is InChI=1S/C14H14ClNO2/c1-2-17-13-5-3-4-6-14(13)18-12-7-8-16-11(9-12)10-15/h3-9H,2,10H2,1H3. The van der Waals surface area contributed by atoms with Crippen molar-refractivity contribution in [3.05, 3.63) is 48.3 Å². The van der Waals surface area contributed by atoms with Crippen LogP contribution in [0, 0.1) is 0 Å². The lowest BCUT2D eigenvalue weighted by Crippen LogP contribution is -1.95. The molecule has 0 N–H and O–H groups in total. The lowest BCUT2D eigenvalue weighted by Gasteiger charge is -2.11. The Morgan fingerprint density at radius 2 is 1.94 bits per heavy atom. The van der Waals surface area contributed by atoms with Gasteiger partial charge in [-0.1, -0.05) is 12.1 Å². The third-order valence-electron chi connectivity index (χ3n) is 2.30. The molecule has 1 aromatic heterocycles. The Kier molecular flexibility index (Phi) is 4.42. The normalized spacial score (nSPS) is 10.1. The van der Waals surface area contributed by atoms with Gasteiger partial charge in [-0.15, -0.1) is 11.6 Å². The fourth-order valence-corrected chi connectivity index (χ4v) is 1.67. The maximum Gasteiger partial charge on any atom is 0.169 e. The molecular formula is C14H14ClNO2. The lowest BCUT2D eigenvalue weighted by atomic mass is 10.3. The van der Waals surface area contributed by atoms with Gasteiger partial charge in [0.2, 0.25) is 0 Å². The molecule has 0 aliphatic rings. The van der Waals surface area contributed by atoms with E-state index in [2.05, 4.69) is 4.98 Å². The van der Waals surface area contributed by atoms with Crippen molar-refractivity contribution in [1.29, 1.82) is 0 Å². The maximum absolute atomic E-state index is 5.78. The molecule has 0 spiro atoms. The van der Waals surface area contributed by atoms with Gasteiger partial charge >= 0.3 is 0 Å². The molecule has 0 unspecified atom stereocenters. The maximum atomic E-state index is 5.78. The minimum absolute atomic E-state index is 0.365. The number of aromatic nitrogens is 1. The van der Waals surface area contributed by atoms with Crippen molar-refractivity contribution in [2.24, 2.45) is 0 Å². The van der Waals surface area contributed by atoms with Crippen molar-refractivity contribution in [1.82, 2.24) is 4.98 Å². The Morgan fingerprint density at radius 1 is 1.17 bits per heavy atom. The molecule has 0 fully saturated rings. The average Bonchev–Trinajstić information content (AvgIpc) is 2.41. The van der Waals surface area contributed by atoms with Gasteiger partial charge < -0.3 is 9.47 Å². The second-order valence-corrected chi connectivity index (χ2v) is 3.87. The molecule has 94 valence electrons. The summed E-state index contributed by atoms with van der Waals surface area (Å²) in [5.74, 6) is 2.48. The summed E-state index contributed by atoms with van der Waals surface area (Å²) in [6, 6.07) is 11.2. The Bertz CT molecular complexity index is 517. The van der Waals surface area contributed by atoms with Gasteiger partial charge in [-0.2, -0.15) is 0 Å². The topological polar surface area (TPSA) is 31.4 Å². The number of halogens is 1. The molecule has 0 aliphatic carbocycles. The van der Waals surface area contributed by atoms with Crippen LogP contribution in [0.1, 0.15) is 12.6 Å². The first-order valence-electron chi connectivity index (χ1n) is 5.74. The molecular weight excluding hydrogens is 250 g/mol. The number of hydrogen-bond donors (Lipinski definition) is 0. The highest BCUT2D eigenvalue weighted by Gasteiger charge is 2.05. The Hall–Kier alpha value is -1.74. The molecule has 1 heterocycles. The SMILES string of the molecule is CCOc1ccccc1Oc1ccnc(CCl)c1. The van der Waals surface area contributed by atoms with Crippen LogP contribution >= 0.6 is 11.6 Å². The zero-order valence-corrected chi connectivity index (χ0v) is 10.9. The van der Waals surface area contributed by atoms with Gasteiger partial charge in [-0.25, -0.2) is 0 Å². The molecule has 1 aromatic carbocycles. The first-order chi connectivity index (χ1) is 8.83. The van der Waals surface area contributed by atoms with Crippen molar-refractivity contribution in [2.75, 3.05) is 6.61 Å². The number of para-hydroxylation sites is 2. The van der Waals surface area contributed by atoms with E-state index in [1.54, 1.807) is 12.3 Å². The van der Waals surface area contributed by atoms with Crippen LogP contribution in [0.2, 0.25) is 0 Å². The largest absolute Gasteiger partial charge is 0.490 e. The molecule has 4 heteroatoms. The zero-order valence-electron chi connectivity index (χ0n) is 10.1. The zero-order chi connectivity index (χ0) is 12.8. The molecule has 3 nitrogen and oxygen atoms in total. The Balaban J connectivity index is 2.22. The minimum atomic E-state index is 0.365. The van der Waals surface area contributed by atoms with E-state index in [-0.39, 0.29) is 0 Å². The molecule has 0 saturated carbocycles. The van der Waals surface area contributed by atoms with E-state index in [4.69, 9.17) is 21.1 Å². The summed E-state index contributed by atoms with van der Waals surface area (Å²) in [4.78, 5) is 4.12. The number of pyridine rings is 1. The van der Waals surface area contributed by atoms with Crippen LogP contribution in [0.25, 0.3) is 0 Å². The summed E-state index contributed by atoms with van der Waals surface area (Å²) >= 11 is 5.74. The number of hydrogen-bond acceptors (Lipinski definition) is 3. The molecule has 0 aliphatic heterocycles. The van der Waals surface area contributed by atoms with Gasteiger partial charge in [0.15, 0.2) is 11.5 Å². The highest BCUT2D eigenvalue weighted by molar-refractivity contribution is 6.16. The van der Waals surface area contributed by atoms with Crippen molar-refractivity contribution in [3.63, 3.8) is 0 Å². The Morgan fingerprint density at radius 3 is 2.67 bits per heavy atom. The number of rotatable bonds is 5. The van der Waals surface area contributed by atoms with Crippen molar-refractivity contribution >= 4 is 11.6 Å². The number of benzene rings is 1. The Labute approximate surface area is 111 Å². The highest BCUT2D eigenvalue weighted by atomic mass is 35.5. The monoisotopic (exact) mass is 263 g/mol. The average molecular weight is 264 g/mol. The summed E-state index contributed by atoms with van der Waals surface area (Å²) in [5.41, 5.74) is 0.781.